The number of aromatic nitrogens is 4. The molecule has 0 radical (unpaired) electrons. The van der Waals surface area contributed by atoms with E-state index < -0.39 is 0 Å². The van der Waals surface area contributed by atoms with Gasteiger partial charge in [0.05, 0.1) is 11.9 Å². The maximum absolute atomic E-state index is 5.59. The summed E-state index contributed by atoms with van der Waals surface area (Å²) in [6.45, 7) is 9.90. The fraction of sp³-hybridized carbons (Fsp3) is 0.667. The average Bonchev–Trinajstić information content (AvgIpc) is 2.91. The minimum Gasteiger partial charge on any atom is -0.351 e. The Labute approximate surface area is 145 Å². The van der Waals surface area contributed by atoms with Crippen molar-refractivity contribution in [1.82, 2.24) is 19.7 Å². The second-order valence-corrected chi connectivity index (χ2v) is 7.09. The van der Waals surface area contributed by atoms with E-state index in [1.165, 1.54) is 0 Å². The van der Waals surface area contributed by atoms with E-state index in [2.05, 4.69) is 28.9 Å². The molecule has 0 unspecified atom stereocenters. The smallest absolute Gasteiger partial charge is 0.190 e. The number of nitrogens with zero attached hydrogens (tertiary/aromatic N) is 4. The van der Waals surface area contributed by atoms with Gasteiger partial charge in [-0.15, -0.1) is 11.8 Å². The van der Waals surface area contributed by atoms with Gasteiger partial charge in [-0.1, -0.05) is 25.6 Å². The molecule has 0 amide bonds. The van der Waals surface area contributed by atoms with Crippen LogP contribution in [0, 0.1) is 0 Å². The standard InChI is InChI=1S/C15H24N4O2S2/c1-5-20-12(21-6-2)10-19-9-11-13(18-19)16-15(23-8-4)17-14(11)22-7-3/h9,12H,5-8,10H2,1-4H3. The van der Waals surface area contributed by atoms with Crippen LogP contribution in [0.2, 0.25) is 0 Å². The van der Waals surface area contributed by atoms with Crippen molar-refractivity contribution in [3.05, 3.63) is 6.20 Å². The second kappa shape index (κ2) is 9.46. The molecule has 8 heteroatoms. The van der Waals surface area contributed by atoms with Gasteiger partial charge in [-0.05, 0) is 25.4 Å². The third-order valence-corrected chi connectivity index (χ3v) is 4.57. The predicted molar refractivity (Wildman–Crippen MR) is 95.2 cm³/mol. The van der Waals surface area contributed by atoms with E-state index >= 15 is 0 Å². The molecule has 0 N–H and O–H groups in total. The molecular formula is C15H24N4O2S2. The largest absolute Gasteiger partial charge is 0.351 e. The normalized spacial score (nSPS) is 11.7. The molecule has 0 bridgehead atoms. The van der Waals surface area contributed by atoms with Gasteiger partial charge in [-0.3, -0.25) is 4.68 Å². The van der Waals surface area contributed by atoms with E-state index in [1.807, 2.05) is 24.7 Å². The van der Waals surface area contributed by atoms with Crippen LogP contribution >= 0.6 is 23.5 Å². The molecule has 2 aromatic rings. The monoisotopic (exact) mass is 356 g/mol. The third-order valence-electron chi connectivity index (χ3n) is 2.97. The van der Waals surface area contributed by atoms with Gasteiger partial charge in [0.15, 0.2) is 17.1 Å². The summed E-state index contributed by atoms with van der Waals surface area (Å²) in [6.07, 6.45) is 1.69. The zero-order valence-electron chi connectivity index (χ0n) is 14.1. The first-order valence-electron chi connectivity index (χ1n) is 7.95. The van der Waals surface area contributed by atoms with Crippen molar-refractivity contribution in [2.24, 2.45) is 0 Å². The zero-order valence-corrected chi connectivity index (χ0v) is 15.7. The van der Waals surface area contributed by atoms with Crippen LogP contribution in [-0.2, 0) is 16.0 Å². The molecule has 0 aliphatic rings. The Hall–Kier alpha value is -0.830. The van der Waals surface area contributed by atoms with Crippen LogP contribution in [0.4, 0.5) is 0 Å². The quantitative estimate of drug-likeness (QED) is 0.280. The molecule has 0 aliphatic carbocycles. The maximum Gasteiger partial charge on any atom is 0.190 e. The molecule has 128 valence electrons. The molecule has 2 rings (SSSR count). The molecule has 2 aromatic heterocycles. The van der Waals surface area contributed by atoms with E-state index in [4.69, 9.17) is 9.47 Å². The van der Waals surface area contributed by atoms with Gasteiger partial charge >= 0.3 is 0 Å². The number of hydrogen-bond acceptors (Lipinski definition) is 7. The van der Waals surface area contributed by atoms with Gasteiger partial charge in [-0.2, -0.15) is 5.10 Å². The first kappa shape index (κ1) is 18.5. The zero-order chi connectivity index (χ0) is 16.7. The highest BCUT2D eigenvalue weighted by Crippen LogP contribution is 2.27. The van der Waals surface area contributed by atoms with Crippen molar-refractivity contribution in [2.75, 3.05) is 24.7 Å². The van der Waals surface area contributed by atoms with Gasteiger partial charge in [-0.25, -0.2) is 9.97 Å². The molecule has 0 aliphatic heterocycles. The summed E-state index contributed by atoms with van der Waals surface area (Å²) in [7, 11) is 0. The summed E-state index contributed by atoms with van der Waals surface area (Å²) in [5, 5.41) is 7.35. The summed E-state index contributed by atoms with van der Waals surface area (Å²) in [6, 6.07) is 0. The molecule has 0 saturated heterocycles. The van der Waals surface area contributed by atoms with Crippen molar-refractivity contribution < 1.29 is 9.47 Å². The number of fused-ring (bicyclic) bond motifs is 1. The van der Waals surface area contributed by atoms with Crippen LogP contribution in [0.5, 0.6) is 0 Å². The van der Waals surface area contributed by atoms with Crippen LogP contribution in [0.25, 0.3) is 11.0 Å². The van der Waals surface area contributed by atoms with Crippen molar-refractivity contribution in [3.63, 3.8) is 0 Å². The summed E-state index contributed by atoms with van der Waals surface area (Å²) in [4.78, 5) is 9.20. The van der Waals surface area contributed by atoms with Crippen LogP contribution in [0.1, 0.15) is 27.7 Å². The molecule has 23 heavy (non-hydrogen) atoms. The lowest BCUT2D eigenvalue weighted by Gasteiger charge is -2.16. The molecule has 0 saturated carbocycles. The summed E-state index contributed by atoms with van der Waals surface area (Å²) in [5.74, 6) is 1.91. The Kier molecular flexibility index (Phi) is 7.61. The Morgan fingerprint density at radius 2 is 1.74 bits per heavy atom. The van der Waals surface area contributed by atoms with Gasteiger partial charge in [0.25, 0.3) is 0 Å². The summed E-state index contributed by atoms with van der Waals surface area (Å²) >= 11 is 3.35. The molecule has 0 fully saturated rings. The Morgan fingerprint density at radius 3 is 2.35 bits per heavy atom. The molecule has 6 nitrogen and oxygen atoms in total. The predicted octanol–water partition coefficient (Wildman–Crippen LogP) is 3.45. The minimum absolute atomic E-state index is 0.293. The number of rotatable bonds is 10. The van der Waals surface area contributed by atoms with Crippen molar-refractivity contribution in [2.45, 2.75) is 50.7 Å². The Morgan fingerprint density at radius 1 is 1.04 bits per heavy atom. The lowest BCUT2D eigenvalue weighted by Crippen LogP contribution is -2.23. The number of ether oxygens (including phenoxy) is 2. The van der Waals surface area contributed by atoms with Crippen LogP contribution in [-0.4, -0.2) is 50.8 Å². The van der Waals surface area contributed by atoms with Crippen LogP contribution in [0.3, 0.4) is 0 Å². The molecule has 0 spiro atoms. The van der Waals surface area contributed by atoms with Crippen molar-refractivity contribution in [3.8, 4) is 0 Å². The van der Waals surface area contributed by atoms with E-state index in [1.54, 1.807) is 23.5 Å². The van der Waals surface area contributed by atoms with Crippen LogP contribution < -0.4 is 0 Å². The third kappa shape index (κ3) is 5.07. The van der Waals surface area contributed by atoms with Crippen molar-refractivity contribution >= 4 is 34.6 Å². The first-order chi connectivity index (χ1) is 11.2. The topological polar surface area (TPSA) is 62.1 Å². The van der Waals surface area contributed by atoms with Gasteiger partial charge in [0, 0.05) is 19.4 Å². The summed E-state index contributed by atoms with van der Waals surface area (Å²) < 4.78 is 13.0. The lowest BCUT2D eigenvalue weighted by molar-refractivity contribution is -0.144. The van der Waals surface area contributed by atoms with E-state index in [-0.39, 0.29) is 6.29 Å². The molecule has 0 aromatic carbocycles. The van der Waals surface area contributed by atoms with Gasteiger partial charge in [0.1, 0.15) is 5.03 Å². The summed E-state index contributed by atoms with van der Waals surface area (Å²) in [5.41, 5.74) is 0.735. The SMILES string of the molecule is CCOC(Cn1cc2c(SCC)nc(SCC)nc2n1)OCC. The van der Waals surface area contributed by atoms with E-state index in [0.29, 0.717) is 19.8 Å². The lowest BCUT2D eigenvalue weighted by atomic mass is 10.4. The fourth-order valence-electron chi connectivity index (χ4n) is 2.12. The van der Waals surface area contributed by atoms with Crippen molar-refractivity contribution in [1.29, 1.82) is 0 Å². The minimum atomic E-state index is -0.293. The highest BCUT2D eigenvalue weighted by molar-refractivity contribution is 7.99. The van der Waals surface area contributed by atoms with Gasteiger partial charge < -0.3 is 9.47 Å². The molecule has 0 atom stereocenters. The fourth-order valence-corrected chi connectivity index (χ4v) is 3.47. The molecule has 2 heterocycles. The highest BCUT2D eigenvalue weighted by Gasteiger charge is 2.15. The van der Waals surface area contributed by atoms with E-state index in [9.17, 15) is 0 Å². The van der Waals surface area contributed by atoms with Crippen LogP contribution in [0.15, 0.2) is 16.4 Å². The number of hydrogen-bond donors (Lipinski definition) is 0. The highest BCUT2D eigenvalue weighted by atomic mass is 32.2. The van der Waals surface area contributed by atoms with Gasteiger partial charge in [0.2, 0.25) is 0 Å². The average molecular weight is 357 g/mol. The number of thioether (sulfide) groups is 2. The Bertz CT molecular complexity index is 615. The maximum atomic E-state index is 5.59. The Balaban J connectivity index is 2.30. The first-order valence-corrected chi connectivity index (χ1v) is 9.92. The van der Waals surface area contributed by atoms with E-state index in [0.717, 1.165) is 32.7 Å². The second-order valence-electron chi connectivity index (χ2n) is 4.61. The molecular weight excluding hydrogens is 332 g/mol.